The molecule has 1 amide bonds. The molecule has 0 heterocycles. The van der Waals surface area contributed by atoms with Gasteiger partial charge in [-0.15, -0.1) is 0 Å². The van der Waals surface area contributed by atoms with E-state index in [0.29, 0.717) is 6.61 Å². The fraction of sp³-hybridized carbons (Fsp3) is 0.278. The Morgan fingerprint density at radius 3 is 2.36 bits per heavy atom. The van der Waals surface area contributed by atoms with Crippen LogP contribution in [0.4, 0.5) is 10.5 Å². The van der Waals surface area contributed by atoms with Gasteiger partial charge in [-0.2, -0.15) is 0 Å². The van der Waals surface area contributed by atoms with Crippen LogP contribution in [0.25, 0.3) is 0 Å². The fourth-order valence-corrected chi connectivity index (χ4v) is 2.15. The molecule has 0 unspecified atom stereocenters. The van der Waals surface area contributed by atoms with Crippen LogP contribution in [0.5, 0.6) is 5.75 Å². The first kappa shape index (κ1) is 15.9. The maximum absolute atomic E-state index is 11.8. The minimum absolute atomic E-state index is 0.199. The van der Waals surface area contributed by atoms with Crippen LogP contribution < -0.4 is 10.1 Å². The Morgan fingerprint density at radius 1 is 1.00 bits per heavy atom. The summed E-state index contributed by atoms with van der Waals surface area (Å²) in [6.45, 7) is 6.42. The van der Waals surface area contributed by atoms with Crippen molar-refractivity contribution in [2.45, 2.75) is 20.8 Å². The first-order valence-corrected chi connectivity index (χ1v) is 7.26. The predicted octanol–water partition coefficient (Wildman–Crippen LogP) is 4.24. The minimum Gasteiger partial charge on any atom is -0.490 e. The number of benzene rings is 2. The van der Waals surface area contributed by atoms with Gasteiger partial charge in [0.15, 0.2) is 0 Å². The highest BCUT2D eigenvalue weighted by molar-refractivity contribution is 5.86. The zero-order valence-corrected chi connectivity index (χ0v) is 13.2. The molecule has 2 aromatic rings. The highest BCUT2D eigenvalue weighted by atomic mass is 16.6. The monoisotopic (exact) mass is 299 g/mol. The van der Waals surface area contributed by atoms with Crippen LogP contribution in [0, 0.1) is 20.8 Å². The number of aryl methyl sites for hydroxylation is 3. The Labute approximate surface area is 131 Å². The van der Waals surface area contributed by atoms with E-state index in [2.05, 4.69) is 5.32 Å². The molecular formula is C18H21NO3. The number of anilines is 1. The Kier molecular flexibility index (Phi) is 5.42. The van der Waals surface area contributed by atoms with E-state index < -0.39 is 6.09 Å². The summed E-state index contributed by atoms with van der Waals surface area (Å²) in [6.07, 6.45) is -0.467. The molecule has 0 fully saturated rings. The fourth-order valence-electron chi connectivity index (χ4n) is 2.15. The standard InChI is InChI=1S/C18H21NO3/c1-13-6-4-9-16(12-13)21-10-11-22-18(20)19-17-14(2)7-5-8-15(17)3/h4-9,12H,10-11H2,1-3H3,(H,19,20). The molecule has 0 aromatic heterocycles. The lowest BCUT2D eigenvalue weighted by Crippen LogP contribution is -2.18. The summed E-state index contributed by atoms with van der Waals surface area (Å²) >= 11 is 0. The average Bonchev–Trinajstić information content (AvgIpc) is 2.48. The molecule has 0 atom stereocenters. The highest BCUT2D eigenvalue weighted by Gasteiger charge is 2.07. The molecule has 22 heavy (non-hydrogen) atoms. The molecule has 4 heteroatoms. The molecular weight excluding hydrogens is 278 g/mol. The first-order valence-electron chi connectivity index (χ1n) is 7.26. The van der Waals surface area contributed by atoms with Gasteiger partial charge in [0, 0.05) is 5.69 Å². The Bertz CT molecular complexity index is 632. The van der Waals surface area contributed by atoms with Crippen LogP contribution in [0.1, 0.15) is 16.7 Å². The van der Waals surface area contributed by atoms with E-state index in [1.165, 1.54) is 0 Å². The summed E-state index contributed by atoms with van der Waals surface area (Å²) in [6, 6.07) is 13.6. The zero-order valence-electron chi connectivity index (χ0n) is 13.2. The smallest absolute Gasteiger partial charge is 0.411 e. The number of rotatable bonds is 5. The minimum atomic E-state index is -0.467. The number of hydrogen-bond acceptors (Lipinski definition) is 3. The van der Waals surface area contributed by atoms with Crippen molar-refractivity contribution < 1.29 is 14.3 Å². The maximum Gasteiger partial charge on any atom is 0.411 e. The molecule has 0 saturated heterocycles. The zero-order chi connectivity index (χ0) is 15.9. The van der Waals surface area contributed by atoms with Gasteiger partial charge >= 0.3 is 6.09 Å². The van der Waals surface area contributed by atoms with Gasteiger partial charge in [0.2, 0.25) is 0 Å². The third-order valence-corrected chi connectivity index (χ3v) is 3.28. The molecule has 0 spiro atoms. The number of amides is 1. The first-order chi connectivity index (χ1) is 10.6. The number of hydrogen-bond donors (Lipinski definition) is 1. The molecule has 0 aliphatic rings. The maximum atomic E-state index is 11.8. The molecule has 0 radical (unpaired) electrons. The lowest BCUT2D eigenvalue weighted by Gasteiger charge is -2.12. The van der Waals surface area contributed by atoms with Crippen LogP contribution in [0.15, 0.2) is 42.5 Å². The number of para-hydroxylation sites is 1. The van der Waals surface area contributed by atoms with Crippen LogP contribution >= 0.6 is 0 Å². The molecule has 116 valence electrons. The topological polar surface area (TPSA) is 47.6 Å². The van der Waals surface area contributed by atoms with Gasteiger partial charge in [-0.3, -0.25) is 5.32 Å². The second-order valence-corrected chi connectivity index (χ2v) is 5.19. The van der Waals surface area contributed by atoms with Crippen LogP contribution in [-0.2, 0) is 4.74 Å². The SMILES string of the molecule is Cc1cccc(OCCOC(=O)Nc2c(C)cccc2C)c1. The van der Waals surface area contributed by atoms with Gasteiger partial charge < -0.3 is 9.47 Å². The van der Waals surface area contributed by atoms with E-state index in [1.807, 2.05) is 63.2 Å². The van der Waals surface area contributed by atoms with Crippen molar-refractivity contribution in [3.8, 4) is 5.75 Å². The van der Waals surface area contributed by atoms with Gasteiger partial charge in [-0.05, 0) is 49.6 Å². The third kappa shape index (κ3) is 4.52. The van der Waals surface area contributed by atoms with Gasteiger partial charge in [-0.1, -0.05) is 30.3 Å². The summed E-state index contributed by atoms with van der Waals surface area (Å²) in [5, 5.41) is 2.77. The number of nitrogens with one attached hydrogen (secondary N) is 1. The van der Waals surface area contributed by atoms with Crippen molar-refractivity contribution >= 4 is 11.8 Å². The van der Waals surface area contributed by atoms with Gasteiger partial charge in [0.25, 0.3) is 0 Å². The van der Waals surface area contributed by atoms with Crippen molar-refractivity contribution in [1.29, 1.82) is 0 Å². The van der Waals surface area contributed by atoms with E-state index in [0.717, 1.165) is 28.1 Å². The number of ether oxygens (including phenoxy) is 2. The summed E-state index contributed by atoms with van der Waals surface area (Å²) in [4.78, 5) is 11.8. The predicted molar refractivity (Wildman–Crippen MR) is 87.6 cm³/mol. The highest BCUT2D eigenvalue weighted by Crippen LogP contribution is 2.19. The summed E-state index contributed by atoms with van der Waals surface area (Å²) in [7, 11) is 0. The summed E-state index contributed by atoms with van der Waals surface area (Å²) in [5.74, 6) is 0.777. The van der Waals surface area contributed by atoms with Crippen molar-refractivity contribution in [1.82, 2.24) is 0 Å². The van der Waals surface area contributed by atoms with Crippen molar-refractivity contribution in [3.63, 3.8) is 0 Å². The second-order valence-electron chi connectivity index (χ2n) is 5.19. The molecule has 2 aromatic carbocycles. The van der Waals surface area contributed by atoms with E-state index in [4.69, 9.17) is 9.47 Å². The molecule has 2 rings (SSSR count). The number of carbonyl (C=O) groups excluding carboxylic acids is 1. The molecule has 1 N–H and O–H groups in total. The van der Waals surface area contributed by atoms with Crippen LogP contribution in [0.3, 0.4) is 0 Å². The second kappa shape index (κ2) is 7.50. The van der Waals surface area contributed by atoms with Crippen molar-refractivity contribution in [2.75, 3.05) is 18.5 Å². The van der Waals surface area contributed by atoms with E-state index in [9.17, 15) is 4.79 Å². The Morgan fingerprint density at radius 2 is 1.68 bits per heavy atom. The largest absolute Gasteiger partial charge is 0.490 e. The van der Waals surface area contributed by atoms with Crippen molar-refractivity contribution in [3.05, 3.63) is 59.2 Å². The quantitative estimate of drug-likeness (QED) is 0.840. The molecule has 0 aliphatic carbocycles. The molecule has 0 bridgehead atoms. The number of carbonyl (C=O) groups is 1. The molecule has 4 nitrogen and oxygen atoms in total. The van der Waals surface area contributed by atoms with Gasteiger partial charge in [-0.25, -0.2) is 4.79 Å². The third-order valence-electron chi connectivity index (χ3n) is 3.28. The normalized spacial score (nSPS) is 10.1. The van der Waals surface area contributed by atoms with E-state index >= 15 is 0 Å². The molecule has 0 aliphatic heterocycles. The Hall–Kier alpha value is -2.49. The average molecular weight is 299 g/mol. The Balaban J connectivity index is 1.76. The van der Waals surface area contributed by atoms with Crippen LogP contribution in [0.2, 0.25) is 0 Å². The van der Waals surface area contributed by atoms with E-state index in [-0.39, 0.29) is 6.61 Å². The van der Waals surface area contributed by atoms with Gasteiger partial charge in [0.1, 0.15) is 19.0 Å². The van der Waals surface area contributed by atoms with E-state index in [1.54, 1.807) is 0 Å². The lowest BCUT2D eigenvalue weighted by molar-refractivity contribution is 0.137. The molecule has 0 saturated carbocycles. The van der Waals surface area contributed by atoms with Crippen LogP contribution in [-0.4, -0.2) is 19.3 Å². The van der Waals surface area contributed by atoms with Gasteiger partial charge in [0.05, 0.1) is 0 Å². The summed E-state index contributed by atoms with van der Waals surface area (Å²) < 4.78 is 10.7. The lowest BCUT2D eigenvalue weighted by atomic mass is 10.1. The summed E-state index contributed by atoms with van der Waals surface area (Å²) in [5.41, 5.74) is 3.94. The van der Waals surface area contributed by atoms with Crippen molar-refractivity contribution in [2.24, 2.45) is 0 Å².